The molecular formula is C8H20NO4PS. The fourth-order valence-corrected chi connectivity index (χ4v) is 4.21. The minimum Gasteiger partial charge on any atom is -0.317 e. The van der Waals surface area contributed by atoms with Gasteiger partial charge in [-0.1, -0.05) is 6.92 Å². The van der Waals surface area contributed by atoms with E-state index in [4.69, 9.17) is 14.8 Å². The van der Waals surface area contributed by atoms with E-state index >= 15 is 0 Å². The highest BCUT2D eigenvalue weighted by molar-refractivity contribution is 7.86. The van der Waals surface area contributed by atoms with E-state index in [9.17, 15) is 8.77 Å². The summed E-state index contributed by atoms with van der Waals surface area (Å²) < 4.78 is 33.4. The first-order valence-corrected chi connectivity index (χ1v) is 8.11. The molecule has 5 nitrogen and oxygen atoms in total. The summed E-state index contributed by atoms with van der Waals surface area (Å²) in [5.74, 6) is 0.444. The van der Waals surface area contributed by atoms with Crippen molar-refractivity contribution in [3.05, 3.63) is 0 Å². The van der Waals surface area contributed by atoms with Gasteiger partial charge in [0.2, 0.25) is 0 Å². The molecule has 0 fully saturated rings. The summed E-state index contributed by atoms with van der Waals surface area (Å²) in [6, 6.07) is 0. The van der Waals surface area contributed by atoms with Gasteiger partial charge >= 0.3 is 7.60 Å². The van der Waals surface area contributed by atoms with Gasteiger partial charge in [-0.05, 0) is 13.8 Å². The Labute approximate surface area is 93.7 Å². The molecule has 0 amide bonds. The molecule has 0 rings (SSSR count). The molecule has 0 aromatic rings. The van der Waals surface area contributed by atoms with Crippen LogP contribution < -0.4 is 5.73 Å². The zero-order chi connectivity index (χ0) is 11.9. The maximum Gasteiger partial charge on any atom is 0.333 e. The average Bonchev–Trinajstić information content (AvgIpc) is 2.16. The van der Waals surface area contributed by atoms with Crippen LogP contribution in [0.15, 0.2) is 0 Å². The lowest BCUT2D eigenvalue weighted by atomic mass is 10.8. The first-order valence-electron chi connectivity index (χ1n) is 5.00. The Kier molecular flexibility index (Phi) is 7.65. The van der Waals surface area contributed by atoms with Crippen molar-refractivity contribution in [1.82, 2.24) is 0 Å². The SMILES string of the molecule is CCOP(=O)(C[C@@H](N)[S@](=O)CC)OCC. The topological polar surface area (TPSA) is 78.6 Å². The van der Waals surface area contributed by atoms with Crippen LogP contribution in [0.5, 0.6) is 0 Å². The zero-order valence-electron chi connectivity index (χ0n) is 9.47. The third kappa shape index (κ3) is 5.78. The molecule has 0 aromatic heterocycles. The molecule has 0 radical (unpaired) electrons. The second-order valence-corrected chi connectivity index (χ2v) is 6.88. The third-order valence-electron chi connectivity index (χ3n) is 1.68. The van der Waals surface area contributed by atoms with Crippen LogP contribution in [0.25, 0.3) is 0 Å². The molecule has 0 aliphatic heterocycles. The Hall–Kier alpha value is 0.260. The Balaban J connectivity index is 4.40. The summed E-state index contributed by atoms with van der Waals surface area (Å²) >= 11 is 0. The molecule has 92 valence electrons. The molecule has 0 unspecified atom stereocenters. The smallest absolute Gasteiger partial charge is 0.317 e. The molecule has 0 aromatic carbocycles. The van der Waals surface area contributed by atoms with Gasteiger partial charge in [0, 0.05) is 16.6 Å². The van der Waals surface area contributed by atoms with Crippen LogP contribution >= 0.6 is 7.60 Å². The van der Waals surface area contributed by atoms with E-state index in [-0.39, 0.29) is 6.16 Å². The van der Waals surface area contributed by atoms with Gasteiger partial charge in [-0.25, -0.2) is 0 Å². The highest BCUT2D eigenvalue weighted by Crippen LogP contribution is 2.48. The van der Waals surface area contributed by atoms with Crippen LogP contribution in [-0.4, -0.2) is 34.7 Å². The molecule has 0 spiro atoms. The lowest BCUT2D eigenvalue weighted by Gasteiger charge is -2.19. The monoisotopic (exact) mass is 257 g/mol. The molecule has 0 aliphatic carbocycles. The molecule has 2 N–H and O–H groups in total. The molecule has 0 saturated carbocycles. The van der Waals surface area contributed by atoms with Gasteiger partial charge in [0.05, 0.1) is 24.7 Å². The summed E-state index contributed by atoms with van der Waals surface area (Å²) in [6.07, 6.45) is 0.00906. The molecular weight excluding hydrogens is 237 g/mol. The second kappa shape index (κ2) is 7.52. The molecule has 0 saturated heterocycles. The Morgan fingerprint density at radius 3 is 2.07 bits per heavy atom. The van der Waals surface area contributed by atoms with E-state index in [2.05, 4.69) is 0 Å². The second-order valence-electron chi connectivity index (χ2n) is 2.84. The van der Waals surface area contributed by atoms with Crippen molar-refractivity contribution in [2.45, 2.75) is 26.1 Å². The van der Waals surface area contributed by atoms with Crippen LogP contribution in [0.2, 0.25) is 0 Å². The van der Waals surface area contributed by atoms with Crippen molar-refractivity contribution in [3.63, 3.8) is 0 Å². The van der Waals surface area contributed by atoms with E-state index in [1.54, 1.807) is 20.8 Å². The summed E-state index contributed by atoms with van der Waals surface area (Å²) in [6.45, 7) is 5.82. The van der Waals surface area contributed by atoms with Gasteiger partial charge in [0.1, 0.15) is 0 Å². The van der Waals surface area contributed by atoms with Crippen molar-refractivity contribution in [2.24, 2.45) is 5.73 Å². The number of hydrogen-bond donors (Lipinski definition) is 1. The van der Waals surface area contributed by atoms with Crippen LogP contribution in [0.1, 0.15) is 20.8 Å². The van der Waals surface area contributed by atoms with Gasteiger partial charge in [-0.15, -0.1) is 0 Å². The van der Waals surface area contributed by atoms with Crippen molar-refractivity contribution in [2.75, 3.05) is 25.1 Å². The van der Waals surface area contributed by atoms with Crippen molar-refractivity contribution >= 4 is 18.4 Å². The quantitative estimate of drug-likeness (QED) is 0.663. The van der Waals surface area contributed by atoms with Gasteiger partial charge in [0.15, 0.2) is 0 Å². The normalized spacial score (nSPS) is 16.3. The third-order valence-corrected chi connectivity index (χ3v) is 5.48. The van der Waals surface area contributed by atoms with Crippen molar-refractivity contribution < 1.29 is 17.8 Å². The molecule has 0 bridgehead atoms. The minimum atomic E-state index is -3.16. The number of hydrogen-bond acceptors (Lipinski definition) is 5. The molecule has 15 heavy (non-hydrogen) atoms. The predicted molar refractivity (Wildman–Crippen MR) is 62.4 cm³/mol. The van der Waals surface area contributed by atoms with E-state index in [0.717, 1.165) is 0 Å². The van der Waals surface area contributed by atoms with E-state index < -0.39 is 23.8 Å². The van der Waals surface area contributed by atoms with Crippen LogP contribution in [-0.2, 0) is 24.4 Å². The van der Waals surface area contributed by atoms with Crippen molar-refractivity contribution in [3.8, 4) is 0 Å². The van der Waals surface area contributed by atoms with Crippen LogP contribution in [0, 0.1) is 0 Å². The number of nitrogens with two attached hydrogens (primary N) is 1. The standard InChI is InChI=1S/C8H20NO4PS/c1-4-12-14(10,13-5-2)7-8(9)15(11)6-3/h8H,4-7,9H2,1-3H3/t8-,15+/m0/s1. The lowest BCUT2D eigenvalue weighted by Crippen LogP contribution is -2.31. The largest absolute Gasteiger partial charge is 0.333 e. The van der Waals surface area contributed by atoms with E-state index in [1.807, 2.05) is 0 Å². The average molecular weight is 257 g/mol. The fourth-order valence-electron chi connectivity index (χ4n) is 1.05. The summed E-state index contributed by atoms with van der Waals surface area (Å²) in [7, 11) is -4.34. The predicted octanol–water partition coefficient (Wildman–Crippen LogP) is 1.31. The first-order chi connectivity index (χ1) is 6.99. The number of rotatable bonds is 8. The van der Waals surface area contributed by atoms with Crippen LogP contribution in [0.4, 0.5) is 0 Å². The van der Waals surface area contributed by atoms with E-state index in [0.29, 0.717) is 19.0 Å². The van der Waals surface area contributed by atoms with Crippen molar-refractivity contribution in [1.29, 1.82) is 0 Å². The Morgan fingerprint density at radius 1 is 1.27 bits per heavy atom. The Morgan fingerprint density at radius 2 is 1.73 bits per heavy atom. The maximum atomic E-state index is 12.0. The lowest BCUT2D eigenvalue weighted by molar-refractivity contribution is 0.220. The molecule has 0 aliphatic rings. The highest BCUT2D eigenvalue weighted by Gasteiger charge is 2.28. The van der Waals surface area contributed by atoms with Crippen LogP contribution in [0.3, 0.4) is 0 Å². The highest BCUT2D eigenvalue weighted by atomic mass is 32.2. The maximum absolute atomic E-state index is 12.0. The van der Waals surface area contributed by atoms with Gasteiger partial charge < -0.3 is 14.8 Å². The van der Waals surface area contributed by atoms with Gasteiger partial charge in [-0.3, -0.25) is 8.77 Å². The molecule has 0 heterocycles. The molecule has 2 atom stereocenters. The Bertz CT molecular complexity index is 239. The van der Waals surface area contributed by atoms with Gasteiger partial charge in [0.25, 0.3) is 0 Å². The fraction of sp³-hybridized carbons (Fsp3) is 1.00. The minimum absolute atomic E-state index is 0.00906. The summed E-state index contributed by atoms with van der Waals surface area (Å²) in [5, 5.41) is -0.654. The summed E-state index contributed by atoms with van der Waals surface area (Å²) in [5.41, 5.74) is 5.64. The first kappa shape index (κ1) is 15.3. The van der Waals surface area contributed by atoms with E-state index in [1.165, 1.54) is 0 Å². The summed E-state index contributed by atoms with van der Waals surface area (Å²) in [4.78, 5) is 0. The molecule has 7 heteroatoms. The zero-order valence-corrected chi connectivity index (χ0v) is 11.2. The van der Waals surface area contributed by atoms with Gasteiger partial charge in [-0.2, -0.15) is 0 Å².